The van der Waals surface area contributed by atoms with Gasteiger partial charge in [0.1, 0.15) is 24.6 Å². The Labute approximate surface area is 233 Å². The van der Waals surface area contributed by atoms with Crippen LogP contribution in [0.2, 0.25) is 0 Å². The molecule has 1 aliphatic rings. The number of benzene rings is 1. The molecule has 1 aromatic heterocycles. The van der Waals surface area contributed by atoms with Crippen molar-refractivity contribution in [3.8, 4) is 0 Å². The molecule has 2 aromatic rings. The number of halogens is 1. The molecule has 18 heteroatoms. The molecule has 4 N–H and O–H groups in total. The van der Waals surface area contributed by atoms with Crippen LogP contribution in [0.15, 0.2) is 35.4 Å². The normalized spacial score (nSPS) is 23.4. The highest BCUT2D eigenvalue weighted by Gasteiger charge is 2.47. The van der Waals surface area contributed by atoms with Crippen molar-refractivity contribution in [2.24, 2.45) is 0 Å². The number of aliphatic hydroxyl groups excluding tert-OH is 1. The van der Waals surface area contributed by atoms with Gasteiger partial charge in [0.15, 0.2) is 12.4 Å². The van der Waals surface area contributed by atoms with Crippen molar-refractivity contribution in [2.75, 3.05) is 18.9 Å². The number of hydrogen-bond donors (Lipinski definition) is 3. The second-order valence-corrected chi connectivity index (χ2v) is 10.9. The van der Waals surface area contributed by atoms with Gasteiger partial charge in [-0.2, -0.15) is 4.98 Å². The number of nitrogen functional groups attached to an aromatic ring is 1. The Hall–Kier alpha value is -3.34. The van der Waals surface area contributed by atoms with E-state index in [1.54, 1.807) is 0 Å². The van der Waals surface area contributed by atoms with E-state index in [0.717, 1.165) is 12.7 Å². The average Bonchev–Trinajstić information content (AvgIpc) is 3.20. The molecule has 0 saturated carbocycles. The van der Waals surface area contributed by atoms with Crippen LogP contribution < -0.4 is 16.5 Å². The van der Waals surface area contributed by atoms with Gasteiger partial charge >= 0.3 is 19.4 Å². The van der Waals surface area contributed by atoms with Gasteiger partial charge in [0.05, 0.1) is 24.2 Å². The summed E-state index contributed by atoms with van der Waals surface area (Å²) >= 11 is 0. The fraction of sp³-hybridized carbons (Fsp3) is 0.565. The van der Waals surface area contributed by atoms with Crippen LogP contribution in [0, 0.1) is 10.1 Å². The third-order valence-corrected chi connectivity index (χ3v) is 7.83. The molecule has 1 aliphatic heterocycles. The molecule has 0 radical (unpaired) electrons. The second-order valence-electron chi connectivity index (χ2n) is 9.17. The van der Waals surface area contributed by atoms with E-state index >= 15 is 0 Å². The molecule has 6 unspecified atom stereocenters. The summed E-state index contributed by atoms with van der Waals surface area (Å²) in [5, 5.41) is 23.8. The summed E-state index contributed by atoms with van der Waals surface area (Å²) in [4.78, 5) is 41.9. The van der Waals surface area contributed by atoms with E-state index in [9.17, 15) is 33.8 Å². The Morgan fingerprint density at radius 3 is 2.66 bits per heavy atom. The lowest BCUT2D eigenvalue weighted by Crippen LogP contribution is -2.36. The third kappa shape index (κ3) is 8.34. The van der Waals surface area contributed by atoms with Crippen molar-refractivity contribution in [1.29, 1.82) is 0 Å². The smallest absolute Gasteiger partial charge is 0.406 e. The van der Waals surface area contributed by atoms with Gasteiger partial charge in [-0.1, -0.05) is 13.3 Å². The van der Waals surface area contributed by atoms with Gasteiger partial charge in [-0.25, -0.2) is 23.8 Å². The minimum atomic E-state index is -4.44. The summed E-state index contributed by atoms with van der Waals surface area (Å²) in [6.07, 6.45) is -5.67. The molecule has 0 amide bonds. The monoisotopic (exact) mass is 602 g/mol. The third-order valence-electron chi connectivity index (χ3n) is 6.04. The van der Waals surface area contributed by atoms with Gasteiger partial charge in [-0.3, -0.25) is 28.5 Å². The minimum Gasteiger partial charge on any atom is -0.465 e. The Balaban J connectivity index is 1.77. The summed E-state index contributed by atoms with van der Waals surface area (Å²) in [6, 6.07) is 4.07. The molecule has 2 heterocycles. The van der Waals surface area contributed by atoms with Gasteiger partial charge in [0.2, 0.25) is 5.95 Å². The molecule has 7 atom stereocenters. The summed E-state index contributed by atoms with van der Waals surface area (Å²) in [6.45, 7) is 4.21. The number of nitrogens with zero attached hydrogens (tertiary/aromatic N) is 4. The predicted octanol–water partition coefficient (Wildman–Crippen LogP) is 1.95. The van der Waals surface area contributed by atoms with E-state index in [-0.39, 0.29) is 18.2 Å². The number of unbranched alkanes of at least 4 members (excludes halogenated alkanes) is 1. The van der Waals surface area contributed by atoms with Crippen LogP contribution in [-0.2, 0) is 27.9 Å². The number of ether oxygens (including phenoxy) is 2. The van der Waals surface area contributed by atoms with Gasteiger partial charge in [-0.15, -0.1) is 0 Å². The number of nitro benzene ring substituents is 1. The first kappa shape index (κ1) is 32.2. The number of hydrogen-bond acceptors (Lipinski definition) is 13. The molecule has 1 fully saturated rings. The lowest BCUT2D eigenvalue weighted by Gasteiger charge is -2.26. The van der Waals surface area contributed by atoms with E-state index in [1.807, 2.05) is 6.92 Å². The Kier molecular flexibility index (Phi) is 11.0. The summed E-state index contributed by atoms with van der Waals surface area (Å²) in [5.74, 6) is -1.08. The molecule has 16 nitrogen and oxygen atoms in total. The van der Waals surface area contributed by atoms with Crippen LogP contribution in [0.25, 0.3) is 0 Å². The van der Waals surface area contributed by atoms with E-state index < -0.39 is 67.7 Å². The van der Waals surface area contributed by atoms with Crippen LogP contribution >= 0.6 is 7.75 Å². The molecule has 41 heavy (non-hydrogen) atoms. The molecule has 3 rings (SSSR count). The number of rotatable bonds is 14. The number of nitro groups is 1. The zero-order chi connectivity index (χ0) is 30.3. The van der Waals surface area contributed by atoms with Crippen molar-refractivity contribution in [3.05, 3.63) is 56.8 Å². The number of alkyl halides is 1. The van der Waals surface area contributed by atoms with Crippen molar-refractivity contribution in [3.63, 3.8) is 0 Å². The molecule has 226 valence electrons. The van der Waals surface area contributed by atoms with Gasteiger partial charge < -0.3 is 20.3 Å². The topological polar surface area (TPSA) is 220 Å². The zero-order valence-electron chi connectivity index (χ0n) is 22.5. The van der Waals surface area contributed by atoms with E-state index in [2.05, 4.69) is 15.1 Å². The number of esters is 1. The lowest BCUT2D eigenvalue weighted by molar-refractivity contribution is -0.384. The highest BCUT2D eigenvalue weighted by Crippen LogP contribution is 2.49. The molecule has 1 aromatic carbocycles. The summed E-state index contributed by atoms with van der Waals surface area (Å²) in [5.41, 5.74) is 4.60. The van der Waals surface area contributed by atoms with Crippen LogP contribution in [0.5, 0.6) is 0 Å². The highest BCUT2D eigenvalue weighted by atomic mass is 31.2. The number of carbonyl (C=O) groups is 1. The van der Waals surface area contributed by atoms with Crippen LogP contribution in [0.3, 0.4) is 0 Å². The van der Waals surface area contributed by atoms with Gasteiger partial charge in [0.25, 0.3) is 5.69 Å². The first-order chi connectivity index (χ1) is 19.3. The van der Waals surface area contributed by atoms with Gasteiger partial charge in [0, 0.05) is 12.1 Å². The molecule has 0 spiro atoms. The number of aliphatic hydroxyl groups is 1. The van der Waals surface area contributed by atoms with Gasteiger partial charge in [-0.05, 0) is 38.0 Å². The first-order valence-corrected chi connectivity index (χ1v) is 14.2. The average molecular weight is 603 g/mol. The summed E-state index contributed by atoms with van der Waals surface area (Å²) in [7, 11) is -4.44. The Bertz CT molecular complexity index is 1310. The molecule has 0 aliphatic carbocycles. The highest BCUT2D eigenvalue weighted by molar-refractivity contribution is 7.51. The Morgan fingerprint density at radius 1 is 1.37 bits per heavy atom. The number of carbonyl (C=O) groups excluding carboxylic acids is 1. The fourth-order valence-corrected chi connectivity index (χ4v) is 5.39. The SMILES string of the molecule is CCCCOC(=O)[C@H](C)NP(=O)(OCC1OC(n2cnc(N)nc2=O)C(F)C1O)OC(C)c1ccc([N+](=O)[O-])cc1. The lowest BCUT2D eigenvalue weighted by atomic mass is 10.1. The number of nitrogens with two attached hydrogens (primary N) is 1. The van der Waals surface area contributed by atoms with E-state index in [0.29, 0.717) is 16.6 Å². The quantitative estimate of drug-likeness (QED) is 0.0925. The number of nitrogens with one attached hydrogen (secondary N) is 1. The molecule has 0 bridgehead atoms. The van der Waals surface area contributed by atoms with Crippen molar-refractivity contribution in [2.45, 2.75) is 70.4 Å². The van der Waals surface area contributed by atoms with E-state index in [4.69, 9.17) is 24.3 Å². The van der Waals surface area contributed by atoms with Crippen molar-refractivity contribution < 1.29 is 42.3 Å². The largest absolute Gasteiger partial charge is 0.465 e. The number of non-ortho nitro benzene ring substituents is 1. The number of anilines is 1. The summed E-state index contributed by atoms with van der Waals surface area (Å²) < 4.78 is 51.2. The molecule has 1 saturated heterocycles. The van der Waals surface area contributed by atoms with Crippen molar-refractivity contribution in [1.82, 2.24) is 19.6 Å². The maximum Gasteiger partial charge on any atom is 0.406 e. The van der Waals surface area contributed by atoms with Crippen LogP contribution in [0.4, 0.5) is 16.0 Å². The first-order valence-electron chi connectivity index (χ1n) is 12.6. The van der Waals surface area contributed by atoms with Crippen LogP contribution in [-0.4, -0.2) is 68.2 Å². The zero-order valence-corrected chi connectivity index (χ0v) is 23.4. The predicted molar refractivity (Wildman–Crippen MR) is 140 cm³/mol. The number of aromatic nitrogens is 3. The standard InChI is InChI=1S/C23H32FN6O10P/c1-4-5-10-37-21(32)13(2)28-41(36,40-14(3)15-6-8-16(9-7-15)30(34)35)38-11-17-19(31)18(24)20(39-17)29-12-26-22(25)27-23(29)33/h6-9,12-14,17-20,31H,4-5,10-11H2,1-3H3,(H,28,36)(H2,25,27,33)/t13-,14?,17?,18?,19?,20?,41?/m0/s1. The Morgan fingerprint density at radius 2 is 2.05 bits per heavy atom. The van der Waals surface area contributed by atoms with Crippen molar-refractivity contribution >= 4 is 25.4 Å². The fourth-order valence-electron chi connectivity index (χ4n) is 3.73. The maximum atomic E-state index is 14.9. The van der Waals surface area contributed by atoms with Crippen LogP contribution in [0.1, 0.15) is 51.5 Å². The second kappa shape index (κ2) is 14.0. The minimum absolute atomic E-state index is 0.141. The maximum absolute atomic E-state index is 14.9. The molecular formula is C23H32FN6O10P. The van der Waals surface area contributed by atoms with E-state index in [1.165, 1.54) is 38.1 Å². The molecular weight excluding hydrogens is 570 g/mol.